The highest BCUT2D eigenvalue weighted by Crippen LogP contribution is 2.39. The lowest BCUT2D eigenvalue weighted by Crippen LogP contribution is -2.03. The topological polar surface area (TPSA) is 14.2 Å². The number of nitrogens with zero attached hydrogens (tertiary/aromatic N) is 1. The first-order chi connectivity index (χ1) is 11.0. The molecule has 3 rings (SSSR count). The molecule has 0 spiro atoms. The molecule has 5 heteroatoms. The maximum atomic E-state index is 5.82. The van der Waals surface area contributed by atoms with Gasteiger partial charge in [0.2, 0.25) is 0 Å². The van der Waals surface area contributed by atoms with Gasteiger partial charge in [0.25, 0.3) is 0 Å². The first-order valence-corrected chi connectivity index (χ1v) is 9.54. The van der Waals surface area contributed by atoms with E-state index in [1.54, 1.807) is 0 Å². The molecule has 0 N–H and O–H groups in total. The number of ether oxygens (including phenoxy) is 1. The molecule has 0 atom stereocenters. The van der Waals surface area contributed by atoms with Gasteiger partial charge in [0.15, 0.2) is 0 Å². The molecule has 0 fully saturated rings. The second kappa shape index (κ2) is 6.99. The lowest BCUT2D eigenvalue weighted by molar-refractivity contribution is 0.361. The fraction of sp³-hybridized carbons (Fsp3) is 0.167. The molecule has 0 amide bonds. The van der Waals surface area contributed by atoms with Gasteiger partial charge >= 0.3 is 0 Å². The Morgan fingerprint density at radius 3 is 2.52 bits per heavy atom. The summed E-state index contributed by atoms with van der Waals surface area (Å²) in [7, 11) is 0. The van der Waals surface area contributed by atoms with Crippen LogP contribution in [-0.2, 0) is 6.54 Å². The van der Waals surface area contributed by atoms with Crippen LogP contribution in [0.2, 0.25) is 0 Å². The Balaban J connectivity index is 2.24. The summed E-state index contributed by atoms with van der Waals surface area (Å²) in [5.41, 5.74) is 3.45. The Labute approximate surface area is 161 Å². The van der Waals surface area contributed by atoms with Crippen LogP contribution in [-0.4, -0.2) is 11.2 Å². The van der Waals surface area contributed by atoms with Crippen LogP contribution in [0.4, 0.5) is 0 Å². The molecule has 119 valence electrons. The van der Waals surface area contributed by atoms with Crippen molar-refractivity contribution in [3.63, 3.8) is 0 Å². The van der Waals surface area contributed by atoms with Crippen molar-refractivity contribution in [3.05, 3.63) is 68.0 Å². The highest BCUT2D eigenvalue weighted by molar-refractivity contribution is 9.11. The number of hydrogen-bond donors (Lipinski definition) is 0. The molecule has 0 saturated carbocycles. The quantitative estimate of drug-likeness (QED) is 0.399. The van der Waals surface area contributed by atoms with Crippen molar-refractivity contribution in [3.8, 4) is 5.75 Å². The third kappa shape index (κ3) is 3.24. The molecule has 2 aromatic carbocycles. The molecule has 1 heterocycles. The van der Waals surface area contributed by atoms with Crippen LogP contribution in [0.15, 0.2) is 49.8 Å². The monoisotopic (exact) mass is 498 g/mol. The summed E-state index contributed by atoms with van der Waals surface area (Å²) in [5.74, 6) is 0.893. The number of fused-ring (bicyclic) bond motifs is 1. The van der Waals surface area contributed by atoms with E-state index < -0.39 is 0 Å². The van der Waals surface area contributed by atoms with Crippen molar-refractivity contribution in [2.24, 2.45) is 0 Å². The second-order valence-corrected chi connectivity index (χ2v) is 7.85. The molecule has 0 aliphatic carbocycles. The highest BCUT2D eigenvalue weighted by atomic mass is 79.9. The van der Waals surface area contributed by atoms with Crippen molar-refractivity contribution in [1.29, 1.82) is 0 Å². The van der Waals surface area contributed by atoms with E-state index in [2.05, 4.69) is 96.5 Å². The first kappa shape index (κ1) is 17.1. The van der Waals surface area contributed by atoms with Crippen molar-refractivity contribution >= 4 is 58.7 Å². The minimum absolute atomic E-state index is 0.402. The predicted molar refractivity (Wildman–Crippen MR) is 106 cm³/mol. The maximum absolute atomic E-state index is 5.82. The summed E-state index contributed by atoms with van der Waals surface area (Å²) < 4.78 is 11.3. The van der Waals surface area contributed by atoms with Crippen molar-refractivity contribution < 1.29 is 4.74 Å². The van der Waals surface area contributed by atoms with Crippen LogP contribution >= 0.6 is 47.8 Å². The SMILES string of the molecule is [CH2]COc1c(C)n(Cc2ccccc2Br)c2c(Br)cc(Br)cc12. The van der Waals surface area contributed by atoms with Crippen LogP contribution in [0.1, 0.15) is 11.3 Å². The zero-order valence-corrected chi connectivity index (χ0v) is 17.3. The summed E-state index contributed by atoms with van der Waals surface area (Å²) in [4.78, 5) is 0. The molecule has 0 aliphatic heterocycles. The van der Waals surface area contributed by atoms with Crippen LogP contribution in [0.25, 0.3) is 10.9 Å². The van der Waals surface area contributed by atoms with E-state index in [1.807, 2.05) is 6.07 Å². The van der Waals surface area contributed by atoms with Gasteiger partial charge in [0.1, 0.15) is 5.75 Å². The molecule has 3 aromatic rings. The van der Waals surface area contributed by atoms with Gasteiger partial charge in [-0.15, -0.1) is 0 Å². The van der Waals surface area contributed by atoms with Gasteiger partial charge in [0.05, 0.1) is 17.8 Å². The zero-order chi connectivity index (χ0) is 16.6. The average molecular weight is 501 g/mol. The van der Waals surface area contributed by atoms with Crippen molar-refractivity contribution in [2.45, 2.75) is 13.5 Å². The van der Waals surface area contributed by atoms with E-state index >= 15 is 0 Å². The molecule has 23 heavy (non-hydrogen) atoms. The number of aromatic nitrogens is 1. The Kier molecular flexibility index (Phi) is 5.19. The molecule has 1 aromatic heterocycles. The van der Waals surface area contributed by atoms with E-state index in [1.165, 1.54) is 5.56 Å². The van der Waals surface area contributed by atoms with Gasteiger partial charge in [-0.3, -0.25) is 0 Å². The van der Waals surface area contributed by atoms with Crippen LogP contribution in [0.3, 0.4) is 0 Å². The Morgan fingerprint density at radius 1 is 1.09 bits per heavy atom. The molecular formula is C18H15Br3NO. The van der Waals surface area contributed by atoms with Gasteiger partial charge in [-0.05, 0) is 53.5 Å². The number of rotatable bonds is 4. The molecule has 1 radical (unpaired) electrons. The first-order valence-electron chi connectivity index (χ1n) is 7.16. The van der Waals surface area contributed by atoms with Gasteiger partial charge in [-0.2, -0.15) is 0 Å². The van der Waals surface area contributed by atoms with Gasteiger partial charge in [-0.25, -0.2) is 0 Å². The molecule has 0 saturated heterocycles. The largest absolute Gasteiger partial charge is 0.491 e. The maximum Gasteiger partial charge on any atom is 0.147 e. The normalized spacial score (nSPS) is 11.2. The van der Waals surface area contributed by atoms with Gasteiger partial charge < -0.3 is 9.30 Å². The summed E-state index contributed by atoms with van der Waals surface area (Å²) >= 11 is 10.9. The molecule has 0 aliphatic rings. The molecule has 0 bridgehead atoms. The highest BCUT2D eigenvalue weighted by Gasteiger charge is 2.18. The van der Waals surface area contributed by atoms with E-state index in [4.69, 9.17) is 4.74 Å². The van der Waals surface area contributed by atoms with Crippen molar-refractivity contribution in [1.82, 2.24) is 4.57 Å². The minimum atomic E-state index is 0.402. The fourth-order valence-electron chi connectivity index (χ4n) is 2.78. The summed E-state index contributed by atoms with van der Waals surface area (Å²) in [6.07, 6.45) is 0. The lowest BCUT2D eigenvalue weighted by atomic mass is 10.2. The van der Waals surface area contributed by atoms with Gasteiger partial charge in [-0.1, -0.05) is 50.1 Å². The summed E-state index contributed by atoms with van der Waals surface area (Å²) in [5, 5.41) is 1.08. The third-order valence-electron chi connectivity index (χ3n) is 3.81. The fourth-order valence-corrected chi connectivity index (χ4v) is 4.63. The second-order valence-electron chi connectivity index (χ2n) is 5.22. The van der Waals surface area contributed by atoms with Crippen LogP contribution in [0, 0.1) is 13.8 Å². The van der Waals surface area contributed by atoms with Crippen LogP contribution < -0.4 is 4.74 Å². The number of hydrogen-bond acceptors (Lipinski definition) is 1. The predicted octanol–water partition coefficient (Wildman–Crippen LogP) is 6.50. The Morgan fingerprint density at radius 2 is 1.83 bits per heavy atom. The minimum Gasteiger partial charge on any atom is -0.491 e. The third-order valence-corrected chi connectivity index (χ3v) is 5.64. The number of benzene rings is 2. The molecule has 0 unspecified atom stereocenters. The standard InChI is InChI=1S/C18H15Br3NO/c1-3-23-18-11(2)22(10-12-6-4-5-7-15(12)20)17-14(18)8-13(19)9-16(17)21/h4-9H,1,3,10H2,2H3. The lowest BCUT2D eigenvalue weighted by Gasteiger charge is -2.11. The van der Waals surface area contributed by atoms with Crippen LogP contribution in [0.5, 0.6) is 5.75 Å². The molecular weight excluding hydrogens is 486 g/mol. The zero-order valence-electron chi connectivity index (χ0n) is 12.6. The smallest absolute Gasteiger partial charge is 0.147 e. The Bertz CT molecular complexity index is 870. The number of halogens is 3. The van der Waals surface area contributed by atoms with E-state index in [0.29, 0.717) is 6.61 Å². The summed E-state index contributed by atoms with van der Waals surface area (Å²) in [6.45, 7) is 7.07. The molecule has 2 nitrogen and oxygen atoms in total. The average Bonchev–Trinajstić information content (AvgIpc) is 2.75. The van der Waals surface area contributed by atoms with Gasteiger partial charge in [0, 0.05) is 25.3 Å². The van der Waals surface area contributed by atoms with Crippen molar-refractivity contribution in [2.75, 3.05) is 6.61 Å². The summed E-state index contributed by atoms with van der Waals surface area (Å²) in [6, 6.07) is 12.4. The van der Waals surface area contributed by atoms with E-state index in [0.717, 1.165) is 42.3 Å². The van der Waals surface area contributed by atoms with E-state index in [-0.39, 0.29) is 0 Å². The Hall–Kier alpha value is -0.780. The van der Waals surface area contributed by atoms with E-state index in [9.17, 15) is 0 Å².